The van der Waals surface area contributed by atoms with Crippen molar-refractivity contribution >= 4 is 11.8 Å². The molecular formula is C10H18N2O5. The molecule has 0 aromatic heterocycles. The SMILES string of the molecule is CC(=O)NC[C@@H]1[C@@H](O)[C@H](O)[C@@H](CO)N1C(C)=O. The van der Waals surface area contributed by atoms with Gasteiger partial charge in [-0.3, -0.25) is 9.59 Å². The van der Waals surface area contributed by atoms with Gasteiger partial charge in [0.25, 0.3) is 0 Å². The Labute approximate surface area is 99.0 Å². The molecule has 4 N–H and O–H groups in total. The van der Waals surface area contributed by atoms with Gasteiger partial charge in [0.1, 0.15) is 12.2 Å². The Morgan fingerprint density at radius 2 is 1.71 bits per heavy atom. The molecule has 0 unspecified atom stereocenters. The highest BCUT2D eigenvalue weighted by Crippen LogP contribution is 2.24. The van der Waals surface area contributed by atoms with Crippen LogP contribution in [0.15, 0.2) is 0 Å². The molecular weight excluding hydrogens is 228 g/mol. The summed E-state index contributed by atoms with van der Waals surface area (Å²) < 4.78 is 0. The minimum atomic E-state index is -1.21. The molecule has 0 bridgehead atoms. The van der Waals surface area contributed by atoms with Crippen molar-refractivity contribution in [3.05, 3.63) is 0 Å². The highest BCUT2D eigenvalue weighted by atomic mass is 16.3. The Kier molecular flexibility index (Phi) is 4.44. The van der Waals surface area contributed by atoms with E-state index in [0.717, 1.165) is 0 Å². The summed E-state index contributed by atoms with van der Waals surface area (Å²) in [5.41, 5.74) is 0. The van der Waals surface area contributed by atoms with Gasteiger partial charge >= 0.3 is 0 Å². The number of nitrogens with zero attached hydrogens (tertiary/aromatic N) is 1. The lowest BCUT2D eigenvalue weighted by atomic mass is 10.1. The van der Waals surface area contributed by atoms with Crippen LogP contribution in [0.2, 0.25) is 0 Å². The van der Waals surface area contributed by atoms with Crippen LogP contribution in [0.5, 0.6) is 0 Å². The number of aliphatic hydroxyl groups excluding tert-OH is 3. The Morgan fingerprint density at radius 1 is 1.18 bits per heavy atom. The quantitative estimate of drug-likeness (QED) is 0.438. The van der Waals surface area contributed by atoms with Crippen molar-refractivity contribution in [1.82, 2.24) is 10.2 Å². The van der Waals surface area contributed by atoms with Gasteiger partial charge in [0.05, 0.1) is 18.7 Å². The van der Waals surface area contributed by atoms with E-state index in [1.165, 1.54) is 18.7 Å². The zero-order valence-electron chi connectivity index (χ0n) is 9.83. The lowest BCUT2D eigenvalue weighted by Gasteiger charge is -2.28. The van der Waals surface area contributed by atoms with E-state index in [1.54, 1.807) is 0 Å². The van der Waals surface area contributed by atoms with Crippen LogP contribution in [0.1, 0.15) is 13.8 Å². The van der Waals surface area contributed by atoms with Crippen molar-refractivity contribution < 1.29 is 24.9 Å². The number of aliphatic hydroxyl groups is 3. The molecule has 17 heavy (non-hydrogen) atoms. The Morgan fingerprint density at radius 3 is 2.12 bits per heavy atom. The van der Waals surface area contributed by atoms with Crippen LogP contribution in [0.4, 0.5) is 0 Å². The van der Waals surface area contributed by atoms with E-state index in [9.17, 15) is 19.8 Å². The van der Waals surface area contributed by atoms with Crippen LogP contribution in [0.3, 0.4) is 0 Å². The molecule has 1 rings (SSSR count). The maximum absolute atomic E-state index is 11.4. The third-order valence-electron chi connectivity index (χ3n) is 2.96. The number of carbonyl (C=O) groups is 2. The maximum atomic E-state index is 11.4. The van der Waals surface area contributed by atoms with Crippen molar-refractivity contribution in [1.29, 1.82) is 0 Å². The molecule has 1 saturated heterocycles. The van der Waals surface area contributed by atoms with Crippen molar-refractivity contribution in [2.24, 2.45) is 0 Å². The standard InChI is InChI=1S/C10H18N2O5/c1-5(14)11-3-7-9(16)10(17)8(4-13)12(7)6(2)15/h7-10,13,16-17H,3-4H2,1-2H3,(H,11,14)/t7-,8-,9-,10-/m1/s1. The normalized spacial score (nSPS) is 32.6. The molecule has 1 heterocycles. The minimum absolute atomic E-state index is 0.0453. The first kappa shape index (κ1) is 13.9. The van der Waals surface area contributed by atoms with Crippen molar-refractivity contribution in [2.75, 3.05) is 13.2 Å². The molecule has 98 valence electrons. The van der Waals surface area contributed by atoms with Crippen molar-refractivity contribution in [3.63, 3.8) is 0 Å². The maximum Gasteiger partial charge on any atom is 0.220 e. The van der Waals surface area contributed by atoms with Gasteiger partial charge in [-0.15, -0.1) is 0 Å². The first-order valence-electron chi connectivity index (χ1n) is 5.40. The van der Waals surface area contributed by atoms with Crippen LogP contribution in [-0.2, 0) is 9.59 Å². The second-order valence-corrected chi connectivity index (χ2v) is 4.16. The largest absolute Gasteiger partial charge is 0.394 e. The summed E-state index contributed by atoms with van der Waals surface area (Å²) in [4.78, 5) is 23.5. The van der Waals surface area contributed by atoms with Gasteiger partial charge in [-0.25, -0.2) is 0 Å². The van der Waals surface area contributed by atoms with E-state index in [4.69, 9.17) is 5.11 Å². The second-order valence-electron chi connectivity index (χ2n) is 4.16. The summed E-state index contributed by atoms with van der Waals surface area (Å²) in [7, 11) is 0. The molecule has 1 fully saturated rings. The van der Waals surface area contributed by atoms with E-state index in [0.29, 0.717) is 0 Å². The molecule has 0 aromatic carbocycles. The van der Waals surface area contributed by atoms with Gasteiger partial charge in [0, 0.05) is 20.4 Å². The third-order valence-corrected chi connectivity index (χ3v) is 2.96. The number of carbonyl (C=O) groups excluding carboxylic acids is 2. The predicted molar refractivity (Wildman–Crippen MR) is 57.9 cm³/mol. The summed E-state index contributed by atoms with van der Waals surface area (Å²) in [6.45, 7) is 2.21. The third kappa shape index (κ3) is 2.74. The summed E-state index contributed by atoms with van der Waals surface area (Å²) in [5.74, 6) is -0.655. The smallest absolute Gasteiger partial charge is 0.220 e. The fraction of sp³-hybridized carbons (Fsp3) is 0.800. The van der Waals surface area contributed by atoms with Crippen LogP contribution < -0.4 is 5.32 Å². The lowest BCUT2D eigenvalue weighted by Crippen LogP contribution is -2.49. The molecule has 4 atom stereocenters. The molecule has 1 aliphatic heterocycles. The first-order chi connectivity index (χ1) is 7.90. The highest BCUT2D eigenvalue weighted by molar-refractivity contribution is 5.75. The van der Waals surface area contributed by atoms with Crippen LogP contribution in [0.25, 0.3) is 0 Å². The summed E-state index contributed by atoms with van der Waals surface area (Å²) in [6.07, 6.45) is -2.38. The zero-order chi connectivity index (χ0) is 13.2. The zero-order valence-corrected chi connectivity index (χ0v) is 9.83. The van der Waals surface area contributed by atoms with E-state index < -0.39 is 30.9 Å². The molecule has 0 aromatic rings. The molecule has 0 radical (unpaired) electrons. The number of rotatable bonds is 3. The molecule has 0 saturated carbocycles. The monoisotopic (exact) mass is 246 g/mol. The number of hydrogen-bond acceptors (Lipinski definition) is 5. The van der Waals surface area contributed by atoms with E-state index >= 15 is 0 Å². The first-order valence-corrected chi connectivity index (χ1v) is 5.40. The molecule has 2 amide bonds. The van der Waals surface area contributed by atoms with Gasteiger partial charge in [-0.05, 0) is 0 Å². The fourth-order valence-corrected chi connectivity index (χ4v) is 2.16. The fourth-order valence-electron chi connectivity index (χ4n) is 2.16. The Balaban J connectivity index is 2.84. The predicted octanol–water partition coefficient (Wildman–Crippen LogP) is -2.56. The molecule has 1 aliphatic rings. The van der Waals surface area contributed by atoms with Gasteiger partial charge in [0.15, 0.2) is 0 Å². The Bertz CT molecular complexity index is 309. The minimum Gasteiger partial charge on any atom is -0.394 e. The van der Waals surface area contributed by atoms with Crippen LogP contribution in [-0.4, -0.2) is 69.5 Å². The summed E-state index contributed by atoms with van der Waals surface area (Å²) in [6, 6.07) is -1.55. The van der Waals surface area contributed by atoms with Crippen molar-refractivity contribution in [2.45, 2.75) is 38.1 Å². The van der Waals surface area contributed by atoms with Crippen LogP contribution in [0, 0.1) is 0 Å². The molecule has 7 nitrogen and oxygen atoms in total. The van der Waals surface area contributed by atoms with Crippen LogP contribution >= 0.6 is 0 Å². The van der Waals surface area contributed by atoms with E-state index in [2.05, 4.69) is 5.32 Å². The van der Waals surface area contributed by atoms with E-state index in [-0.39, 0.29) is 18.4 Å². The second kappa shape index (κ2) is 5.44. The van der Waals surface area contributed by atoms with E-state index in [1.807, 2.05) is 0 Å². The summed E-state index contributed by atoms with van der Waals surface area (Å²) in [5, 5.41) is 31.1. The average Bonchev–Trinajstić information content (AvgIpc) is 2.49. The van der Waals surface area contributed by atoms with Gasteiger partial charge < -0.3 is 25.5 Å². The van der Waals surface area contributed by atoms with Gasteiger partial charge in [0.2, 0.25) is 11.8 Å². The van der Waals surface area contributed by atoms with Crippen molar-refractivity contribution in [3.8, 4) is 0 Å². The van der Waals surface area contributed by atoms with Gasteiger partial charge in [-0.1, -0.05) is 0 Å². The lowest BCUT2D eigenvalue weighted by molar-refractivity contribution is -0.134. The molecule has 7 heteroatoms. The average molecular weight is 246 g/mol. The molecule has 0 spiro atoms. The number of hydrogen-bond donors (Lipinski definition) is 4. The number of amides is 2. The molecule has 0 aliphatic carbocycles. The highest BCUT2D eigenvalue weighted by Gasteiger charge is 2.48. The summed E-state index contributed by atoms with van der Waals surface area (Å²) >= 11 is 0. The number of likely N-dealkylation sites (tertiary alicyclic amines) is 1. The Hall–Kier alpha value is -1.18. The topological polar surface area (TPSA) is 110 Å². The van der Waals surface area contributed by atoms with Gasteiger partial charge in [-0.2, -0.15) is 0 Å². The number of nitrogens with one attached hydrogen (secondary N) is 1.